The number of aromatic nitrogens is 1. The lowest BCUT2D eigenvalue weighted by molar-refractivity contribution is -0.139. The summed E-state index contributed by atoms with van der Waals surface area (Å²) >= 11 is 0. The Morgan fingerprint density at radius 2 is 1.64 bits per heavy atom. The number of hydrogen-bond donors (Lipinski definition) is 2. The lowest BCUT2D eigenvalue weighted by Gasteiger charge is -2.14. The Hall–Kier alpha value is -4.39. The van der Waals surface area contributed by atoms with Crippen molar-refractivity contribution in [1.29, 1.82) is 0 Å². The molecule has 1 heterocycles. The molecular weight excluding hydrogens is 420 g/mol. The summed E-state index contributed by atoms with van der Waals surface area (Å²) in [6.45, 7) is 1.58. The first-order valence-corrected chi connectivity index (χ1v) is 10.3. The summed E-state index contributed by atoms with van der Waals surface area (Å²) in [5, 5.41) is 9.41. The fourth-order valence-corrected chi connectivity index (χ4v) is 4.08. The van der Waals surface area contributed by atoms with Crippen molar-refractivity contribution in [3.63, 3.8) is 0 Å². The van der Waals surface area contributed by atoms with Crippen LogP contribution in [-0.2, 0) is 16.1 Å². The van der Waals surface area contributed by atoms with Crippen LogP contribution in [0.2, 0.25) is 0 Å². The maximum absolute atomic E-state index is 12.8. The van der Waals surface area contributed by atoms with E-state index in [1.54, 1.807) is 25.1 Å². The molecule has 0 spiro atoms. The van der Waals surface area contributed by atoms with Gasteiger partial charge in [-0.05, 0) is 35.7 Å². The normalized spacial score (nSPS) is 10.8. The van der Waals surface area contributed by atoms with E-state index in [1.165, 1.54) is 0 Å². The number of fused-ring (bicyclic) bond motifs is 1. The van der Waals surface area contributed by atoms with Gasteiger partial charge in [0.1, 0.15) is 5.75 Å². The highest BCUT2D eigenvalue weighted by molar-refractivity contribution is 6.45. The number of carbonyl (C=O) groups is 3. The number of nitrogens with two attached hydrogens (primary N) is 1. The molecule has 0 aliphatic heterocycles. The predicted molar refractivity (Wildman–Crippen MR) is 124 cm³/mol. The number of rotatable bonds is 8. The van der Waals surface area contributed by atoms with Crippen molar-refractivity contribution in [2.45, 2.75) is 13.5 Å². The van der Waals surface area contributed by atoms with E-state index >= 15 is 0 Å². The molecule has 3 N–H and O–H groups in total. The number of carboxylic acid groups (broad SMARTS) is 1. The molecule has 0 saturated heterocycles. The Balaban J connectivity index is 1.91. The standard InChI is InChI=1S/C26H22N2O5/c1-16-23(25(31)26(27)32)24-20(12-7-13-21(24)33-15-22(29)30)28(16)14-18-10-5-6-11-19(18)17-8-3-2-4-9-17/h2-13H,14-15H2,1H3,(H2,27,32)(H,29,30). The third-order valence-corrected chi connectivity index (χ3v) is 5.54. The van der Waals surface area contributed by atoms with Crippen LogP contribution in [0.4, 0.5) is 0 Å². The Kier molecular flexibility index (Phi) is 5.95. The van der Waals surface area contributed by atoms with E-state index in [4.69, 9.17) is 15.6 Å². The van der Waals surface area contributed by atoms with Gasteiger partial charge in [-0.25, -0.2) is 4.79 Å². The van der Waals surface area contributed by atoms with Crippen molar-refractivity contribution in [1.82, 2.24) is 4.57 Å². The number of primary amides is 1. The smallest absolute Gasteiger partial charge is 0.341 e. The molecule has 7 nitrogen and oxygen atoms in total. The van der Waals surface area contributed by atoms with Gasteiger partial charge in [-0.15, -0.1) is 0 Å². The Labute approximate surface area is 190 Å². The molecule has 3 aromatic carbocycles. The van der Waals surface area contributed by atoms with Crippen LogP contribution in [0.3, 0.4) is 0 Å². The van der Waals surface area contributed by atoms with Crippen molar-refractivity contribution in [3.05, 3.63) is 89.6 Å². The number of hydrogen-bond acceptors (Lipinski definition) is 4. The highest BCUT2D eigenvalue weighted by atomic mass is 16.5. The molecular formula is C26H22N2O5. The molecule has 0 bridgehead atoms. The largest absolute Gasteiger partial charge is 0.481 e. The Morgan fingerprint density at radius 3 is 2.33 bits per heavy atom. The summed E-state index contributed by atoms with van der Waals surface area (Å²) in [4.78, 5) is 35.6. The zero-order chi connectivity index (χ0) is 23.5. The van der Waals surface area contributed by atoms with E-state index in [0.29, 0.717) is 23.1 Å². The molecule has 0 aliphatic carbocycles. The molecule has 0 saturated carbocycles. The van der Waals surface area contributed by atoms with Crippen molar-refractivity contribution in [2.75, 3.05) is 6.61 Å². The van der Waals surface area contributed by atoms with Gasteiger partial charge in [0.2, 0.25) is 0 Å². The minimum Gasteiger partial charge on any atom is -0.481 e. The number of ketones is 1. The summed E-state index contributed by atoms with van der Waals surface area (Å²) in [5.74, 6) is -2.88. The van der Waals surface area contributed by atoms with Gasteiger partial charge < -0.3 is 20.1 Å². The predicted octanol–water partition coefficient (Wildman–Crippen LogP) is 3.80. The monoisotopic (exact) mass is 442 g/mol. The van der Waals surface area contributed by atoms with Gasteiger partial charge in [0.25, 0.3) is 11.7 Å². The maximum Gasteiger partial charge on any atom is 0.341 e. The molecule has 33 heavy (non-hydrogen) atoms. The third kappa shape index (κ3) is 4.21. The van der Waals surface area contributed by atoms with Crippen LogP contribution < -0.4 is 10.5 Å². The topological polar surface area (TPSA) is 112 Å². The van der Waals surface area contributed by atoms with Crippen molar-refractivity contribution < 1.29 is 24.2 Å². The number of amides is 1. The second kappa shape index (κ2) is 9.00. The minimum absolute atomic E-state index is 0.121. The van der Waals surface area contributed by atoms with E-state index < -0.39 is 24.3 Å². The van der Waals surface area contributed by atoms with Gasteiger partial charge >= 0.3 is 5.97 Å². The molecule has 0 fully saturated rings. The number of nitrogens with zero attached hydrogens (tertiary/aromatic N) is 1. The van der Waals surface area contributed by atoms with Crippen LogP contribution in [0, 0.1) is 6.92 Å². The number of carboxylic acids is 1. The van der Waals surface area contributed by atoms with Crippen LogP contribution >= 0.6 is 0 Å². The molecule has 166 valence electrons. The average molecular weight is 442 g/mol. The molecule has 1 amide bonds. The number of carbonyl (C=O) groups excluding carboxylic acids is 2. The molecule has 0 unspecified atom stereocenters. The maximum atomic E-state index is 12.8. The summed E-state index contributed by atoms with van der Waals surface area (Å²) in [6, 6.07) is 23.0. The zero-order valence-electron chi connectivity index (χ0n) is 17.9. The number of ether oxygens (including phenoxy) is 1. The number of benzene rings is 3. The van der Waals surface area contributed by atoms with Gasteiger partial charge in [0.05, 0.1) is 16.5 Å². The first kappa shape index (κ1) is 21.8. The number of Topliss-reactive ketones (excluding diaryl/α,β-unsaturated/α-hetero) is 1. The SMILES string of the molecule is Cc1c(C(=O)C(N)=O)c2c(OCC(=O)O)cccc2n1Cc1ccccc1-c1ccccc1. The van der Waals surface area contributed by atoms with E-state index in [9.17, 15) is 14.4 Å². The second-order valence-corrected chi connectivity index (χ2v) is 7.60. The third-order valence-electron chi connectivity index (χ3n) is 5.54. The van der Waals surface area contributed by atoms with Crippen LogP contribution in [-0.4, -0.2) is 33.9 Å². The molecule has 4 aromatic rings. The first-order valence-electron chi connectivity index (χ1n) is 10.3. The van der Waals surface area contributed by atoms with Gasteiger partial charge in [0.15, 0.2) is 6.61 Å². The molecule has 4 rings (SSSR count). The Bertz CT molecular complexity index is 1370. The lowest BCUT2D eigenvalue weighted by atomic mass is 9.99. The highest BCUT2D eigenvalue weighted by Gasteiger charge is 2.26. The fraction of sp³-hybridized carbons (Fsp3) is 0.115. The van der Waals surface area contributed by atoms with Crippen LogP contribution in [0.5, 0.6) is 5.75 Å². The highest BCUT2D eigenvalue weighted by Crippen LogP contribution is 2.35. The average Bonchev–Trinajstić information content (AvgIpc) is 3.09. The molecule has 0 radical (unpaired) electrons. The van der Waals surface area contributed by atoms with E-state index in [1.807, 2.05) is 59.2 Å². The summed E-state index contributed by atoms with van der Waals surface area (Å²) in [7, 11) is 0. The second-order valence-electron chi connectivity index (χ2n) is 7.60. The lowest BCUT2D eigenvalue weighted by Crippen LogP contribution is -2.24. The van der Waals surface area contributed by atoms with Crippen molar-refractivity contribution in [3.8, 4) is 16.9 Å². The van der Waals surface area contributed by atoms with Crippen molar-refractivity contribution >= 4 is 28.6 Å². The zero-order valence-corrected chi connectivity index (χ0v) is 17.9. The van der Waals surface area contributed by atoms with E-state index in [0.717, 1.165) is 16.7 Å². The van der Waals surface area contributed by atoms with Crippen LogP contribution in [0.1, 0.15) is 21.6 Å². The summed E-state index contributed by atoms with van der Waals surface area (Å²) in [5.41, 5.74) is 9.75. The molecule has 7 heteroatoms. The van der Waals surface area contributed by atoms with Gasteiger partial charge in [-0.2, -0.15) is 0 Å². The summed E-state index contributed by atoms with van der Waals surface area (Å²) < 4.78 is 7.36. The summed E-state index contributed by atoms with van der Waals surface area (Å²) in [6.07, 6.45) is 0. The number of aliphatic carboxylic acids is 1. The fourth-order valence-electron chi connectivity index (χ4n) is 4.08. The van der Waals surface area contributed by atoms with Gasteiger partial charge in [-0.3, -0.25) is 9.59 Å². The minimum atomic E-state index is -1.15. The Morgan fingerprint density at radius 1 is 0.939 bits per heavy atom. The molecule has 1 aromatic heterocycles. The van der Waals surface area contributed by atoms with Gasteiger partial charge in [0, 0.05) is 12.2 Å². The van der Waals surface area contributed by atoms with Crippen LogP contribution in [0.15, 0.2) is 72.8 Å². The molecule has 0 aliphatic rings. The van der Waals surface area contributed by atoms with Gasteiger partial charge in [-0.1, -0.05) is 60.7 Å². The first-order chi connectivity index (χ1) is 15.9. The van der Waals surface area contributed by atoms with Crippen LogP contribution in [0.25, 0.3) is 22.0 Å². The molecule has 0 atom stereocenters. The van der Waals surface area contributed by atoms with E-state index in [2.05, 4.69) is 0 Å². The van der Waals surface area contributed by atoms with E-state index in [-0.39, 0.29) is 11.3 Å². The quantitative estimate of drug-likeness (QED) is 0.318. The van der Waals surface area contributed by atoms with Crippen molar-refractivity contribution in [2.24, 2.45) is 5.73 Å².